The SMILES string of the molecule is CC(C)(C)OC(=O)N1CCN(C(=O)c2cc(Nc3ccccc3)cc(-c3nc4ncccc4o3)c2)CC1. The number of amides is 2. The molecule has 1 N–H and O–H groups in total. The normalized spacial score (nSPS) is 14.0. The summed E-state index contributed by atoms with van der Waals surface area (Å²) in [5.74, 6) is 0.255. The number of ether oxygens (including phenoxy) is 1. The maximum atomic E-state index is 13.6. The Bertz CT molecular complexity index is 1390. The van der Waals surface area contributed by atoms with Crippen LogP contribution in [0.25, 0.3) is 22.7 Å². The summed E-state index contributed by atoms with van der Waals surface area (Å²) in [6.45, 7) is 7.16. The van der Waals surface area contributed by atoms with Crippen LogP contribution < -0.4 is 5.32 Å². The molecule has 2 aromatic carbocycles. The fourth-order valence-corrected chi connectivity index (χ4v) is 4.13. The third kappa shape index (κ3) is 5.72. The quantitative estimate of drug-likeness (QED) is 0.405. The van der Waals surface area contributed by atoms with E-state index >= 15 is 0 Å². The molecule has 1 fully saturated rings. The Morgan fingerprint density at radius 1 is 0.919 bits per heavy atom. The van der Waals surface area contributed by atoms with Crippen molar-refractivity contribution in [3.63, 3.8) is 0 Å². The second-order valence-electron chi connectivity index (χ2n) is 9.89. The fraction of sp³-hybridized carbons (Fsp3) is 0.286. The van der Waals surface area contributed by atoms with Gasteiger partial charge in [0.15, 0.2) is 11.2 Å². The van der Waals surface area contributed by atoms with E-state index in [1.807, 2.05) is 63.2 Å². The largest absolute Gasteiger partial charge is 0.444 e. The highest BCUT2D eigenvalue weighted by atomic mass is 16.6. The molecule has 5 rings (SSSR count). The maximum Gasteiger partial charge on any atom is 0.410 e. The lowest BCUT2D eigenvalue weighted by molar-refractivity contribution is 0.0141. The van der Waals surface area contributed by atoms with E-state index in [1.165, 1.54) is 0 Å². The molecule has 1 aliphatic heterocycles. The van der Waals surface area contributed by atoms with Crippen molar-refractivity contribution in [3.05, 3.63) is 72.4 Å². The van der Waals surface area contributed by atoms with E-state index in [0.29, 0.717) is 54.4 Å². The number of rotatable bonds is 4. The average Bonchev–Trinajstić information content (AvgIpc) is 3.32. The van der Waals surface area contributed by atoms with Crippen molar-refractivity contribution in [2.45, 2.75) is 26.4 Å². The van der Waals surface area contributed by atoms with E-state index in [4.69, 9.17) is 9.15 Å². The van der Waals surface area contributed by atoms with Crippen molar-refractivity contribution in [3.8, 4) is 11.5 Å². The van der Waals surface area contributed by atoms with Crippen LogP contribution in [0, 0.1) is 0 Å². The van der Waals surface area contributed by atoms with Gasteiger partial charge in [0.25, 0.3) is 5.91 Å². The van der Waals surface area contributed by atoms with Crippen molar-refractivity contribution < 1.29 is 18.7 Å². The first-order valence-electron chi connectivity index (χ1n) is 12.2. The van der Waals surface area contributed by atoms with Crippen molar-refractivity contribution in [1.82, 2.24) is 19.8 Å². The summed E-state index contributed by atoms with van der Waals surface area (Å²) in [6, 6.07) is 18.8. The van der Waals surface area contributed by atoms with Gasteiger partial charge in [-0.1, -0.05) is 18.2 Å². The molecule has 4 aromatic rings. The molecule has 0 atom stereocenters. The third-order valence-corrected chi connectivity index (χ3v) is 5.87. The molecule has 1 aliphatic rings. The summed E-state index contributed by atoms with van der Waals surface area (Å²) >= 11 is 0. The van der Waals surface area contributed by atoms with Crippen molar-refractivity contribution in [2.24, 2.45) is 0 Å². The Morgan fingerprint density at radius 3 is 2.35 bits per heavy atom. The molecule has 9 heteroatoms. The van der Waals surface area contributed by atoms with E-state index in [-0.39, 0.29) is 12.0 Å². The van der Waals surface area contributed by atoms with Crippen LogP contribution in [0.2, 0.25) is 0 Å². The highest BCUT2D eigenvalue weighted by Crippen LogP contribution is 2.29. The number of hydrogen-bond acceptors (Lipinski definition) is 7. The molecular formula is C28H29N5O4. The van der Waals surface area contributed by atoms with Crippen LogP contribution in [-0.2, 0) is 4.74 Å². The number of nitrogens with one attached hydrogen (secondary N) is 1. The second kappa shape index (κ2) is 9.93. The summed E-state index contributed by atoms with van der Waals surface area (Å²) in [5.41, 5.74) is 3.30. The smallest absolute Gasteiger partial charge is 0.410 e. The minimum absolute atomic E-state index is 0.129. The van der Waals surface area contributed by atoms with Crippen LogP contribution in [0.5, 0.6) is 0 Å². The zero-order valence-electron chi connectivity index (χ0n) is 21.1. The van der Waals surface area contributed by atoms with Crippen LogP contribution in [0.3, 0.4) is 0 Å². The Hall–Kier alpha value is -4.40. The minimum Gasteiger partial charge on any atom is -0.444 e. The van der Waals surface area contributed by atoms with Gasteiger partial charge in [0.2, 0.25) is 5.89 Å². The molecule has 37 heavy (non-hydrogen) atoms. The first-order valence-corrected chi connectivity index (χ1v) is 12.2. The van der Waals surface area contributed by atoms with Gasteiger partial charge in [0, 0.05) is 54.9 Å². The standard InChI is InChI=1S/C28H29N5O4/c1-28(2,3)37-27(35)33-14-12-32(13-15-33)26(34)20-16-19(25-31-24-23(36-25)10-7-11-29-24)17-22(18-20)30-21-8-5-4-6-9-21/h4-11,16-18,30H,12-15H2,1-3H3. The molecule has 0 aliphatic carbocycles. The summed E-state index contributed by atoms with van der Waals surface area (Å²) in [6.07, 6.45) is 1.30. The van der Waals surface area contributed by atoms with Crippen LogP contribution in [0.15, 0.2) is 71.3 Å². The lowest BCUT2D eigenvalue weighted by Crippen LogP contribution is -2.51. The zero-order chi connectivity index (χ0) is 26.0. The van der Waals surface area contributed by atoms with E-state index in [2.05, 4.69) is 15.3 Å². The van der Waals surface area contributed by atoms with Crippen molar-refractivity contribution in [2.75, 3.05) is 31.5 Å². The molecule has 2 amide bonds. The number of fused-ring (bicyclic) bond motifs is 1. The van der Waals surface area contributed by atoms with Gasteiger partial charge in [-0.15, -0.1) is 0 Å². The molecule has 1 saturated heterocycles. The zero-order valence-corrected chi connectivity index (χ0v) is 21.1. The molecule has 2 aromatic heterocycles. The number of anilines is 2. The van der Waals surface area contributed by atoms with Crippen molar-refractivity contribution >= 4 is 34.6 Å². The molecular weight excluding hydrogens is 470 g/mol. The predicted octanol–water partition coefficient (Wildman–Crippen LogP) is 5.33. The molecule has 3 heterocycles. The second-order valence-corrected chi connectivity index (χ2v) is 9.89. The number of hydrogen-bond donors (Lipinski definition) is 1. The number of carbonyl (C=O) groups excluding carboxylic acids is 2. The number of aromatic nitrogens is 2. The average molecular weight is 500 g/mol. The molecule has 0 spiro atoms. The number of nitrogens with zero attached hydrogens (tertiary/aromatic N) is 4. The number of piperazine rings is 1. The third-order valence-electron chi connectivity index (χ3n) is 5.87. The number of para-hydroxylation sites is 1. The topological polar surface area (TPSA) is 101 Å². The molecule has 190 valence electrons. The molecule has 0 saturated carbocycles. The molecule has 0 bridgehead atoms. The van der Waals surface area contributed by atoms with E-state index in [0.717, 1.165) is 11.4 Å². The van der Waals surface area contributed by atoms with Crippen molar-refractivity contribution in [1.29, 1.82) is 0 Å². The van der Waals surface area contributed by atoms with E-state index < -0.39 is 5.60 Å². The highest BCUT2D eigenvalue weighted by molar-refractivity contribution is 5.97. The minimum atomic E-state index is -0.563. The van der Waals surface area contributed by atoms with Gasteiger partial charge in [-0.2, -0.15) is 4.98 Å². The summed E-state index contributed by atoms with van der Waals surface area (Å²) in [5, 5.41) is 3.36. The maximum absolute atomic E-state index is 13.6. The lowest BCUT2D eigenvalue weighted by Gasteiger charge is -2.35. The Morgan fingerprint density at radius 2 is 1.65 bits per heavy atom. The van der Waals surface area contributed by atoms with E-state index in [1.54, 1.807) is 34.2 Å². The van der Waals surface area contributed by atoms with Gasteiger partial charge >= 0.3 is 6.09 Å². The van der Waals surface area contributed by atoms with Crippen LogP contribution >= 0.6 is 0 Å². The first kappa shape index (κ1) is 24.3. The monoisotopic (exact) mass is 499 g/mol. The fourth-order valence-electron chi connectivity index (χ4n) is 4.13. The molecule has 9 nitrogen and oxygen atoms in total. The van der Waals surface area contributed by atoms with Gasteiger partial charge in [-0.3, -0.25) is 4.79 Å². The summed E-state index contributed by atoms with van der Waals surface area (Å²) < 4.78 is 11.4. The number of oxazole rings is 1. The van der Waals surface area contributed by atoms with Gasteiger partial charge in [-0.25, -0.2) is 9.78 Å². The Labute approximate surface area is 215 Å². The summed E-state index contributed by atoms with van der Waals surface area (Å²) in [7, 11) is 0. The van der Waals surface area contributed by atoms with Gasteiger partial charge in [-0.05, 0) is 63.2 Å². The molecule has 0 radical (unpaired) electrons. The van der Waals surface area contributed by atoms with Gasteiger partial charge in [0.1, 0.15) is 5.60 Å². The Kier molecular flexibility index (Phi) is 6.52. The predicted molar refractivity (Wildman–Crippen MR) is 141 cm³/mol. The van der Waals surface area contributed by atoms with E-state index in [9.17, 15) is 9.59 Å². The number of pyridine rings is 1. The van der Waals surface area contributed by atoms with Gasteiger partial charge in [0.05, 0.1) is 0 Å². The van der Waals surface area contributed by atoms with Crippen LogP contribution in [-0.4, -0.2) is 63.5 Å². The highest BCUT2D eigenvalue weighted by Gasteiger charge is 2.28. The van der Waals surface area contributed by atoms with Crippen LogP contribution in [0.1, 0.15) is 31.1 Å². The molecule has 0 unspecified atom stereocenters. The number of benzene rings is 2. The number of carbonyl (C=O) groups is 2. The van der Waals surface area contributed by atoms with Crippen LogP contribution in [0.4, 0.5) is 16.2 Å². The first-order chi connectivity index (χ1) is 17.7. The summed E-state index contributed by atoms with van der Waals surface area (Å²) in [4.78, 5) is 38.1. The van der Waals surface area contributed by atoms with Gasteiger partial charge < -0.3 is 24.3 Å². The lowest BCUT2D eigenvalue weighted by atomic mass is 10.1. The Balaban J connectivity index is 1.40.